The summed E-state index contributed by atoms with van der Waals surface area (Å²) in [5, 5.41) is 2.38. The SMILES string of the molecule is CC[C@@]1(CCCO[Si](c2ccccc2)(c2ccccc2)C(C)(C)C)COC(=O)C1C(=O)OC. The van der Waals surface area contributed by atoms with Crippen LogP contribution in [0.4, 0.5) is 0 Å². The number of hydrogen-bond donors (Lipinski definition) is 0. The first-order valence-electron chi connectivity index (χ1n) is 11.7. The molecule has 0 spiro atoms. The third-order valence-corrected chi connectivity index (χ3v) is 12.1. The van der Waals surface area contributed by atoms with Crippen molar-refractivity contribution in [3.8, 4) is 0 Å². The summed E-state index contributed by atoms with van der Waals surface area (Å²) in [7, 11) is -1.29. The standard InChI is InChI=1S/C27H36O5Si/c1-6-27(20-31-25(29)23(27)24(28)30-5)18-13-19-32-33(26(2,3)4,21-14-9-7-10-15-21)22-16-11-8-12-17-22/h7-12,14-17,23H,6,13,18-20H2,1-5H3/t23?,27-/m1/s1. The lowest BCUT2D eigenvalue weighted by Crippen LogP contribution is -2.66. The Morgan fingerprint density at radius 2 is 1.61 bits per heavy atom. The highest BCUT2D eigenvalue weighted by molar-refractivity contribution is 6.99. The molecular weight excluding hydrogens is 432 g/mol. The maximum absolute atomic E-state index is 12.3. The molecule has 1 fully saturated rings. The fourth-order valence-corrected chi connectivity index (χ4v) is 9.81. The van der Waals surface area contributed by atoms with Crippen molar-refractivity contribution in [3.63, 3.8) is 0 Å². The molecule has 2 atom stereocenters. The van der Waals surface area contributed by atoms with Crippen LogP contribution in [0.2, 0.25) is 5.04 Å². The van der Waals surface area contributed by atoms with Crippen LogP contribution in [-0.4, -0.2) is 40.6 Å². The molecule has 1 aliphatic heterocycles. The van der Waals surface area contributed by atoms with E-state index in [2.05, 4.69) is 69.3 Å². The summed E-state index contributed by atoms with van der Waals surface area (Å²) in [5.74, 6) is -1.84. The predicted molar refractivity (Wildman–Crippen MR) is 132 cm³/mol. The number of ether oxygens (including phenoxy) is 2. The molecule has 3 rings (SSSR count). The van der Waals surface area contributed by atoms with Gasteiger partial charge >= 0.3 is 11.9 Å². The van der Waals surface area contributed by atoms with Gasteiger partial charge in [0.15, 0.2) is 5.92 Å². The van der Waals surface area contributed by atoms with E-state index in [0.29, 0.717) is 19.4 Å². The number of rotatable bonds is 9. The highest BCUT2D eigenvalue weighted by Crippen LogP contribution is 2.44. The number of hydrogen-bond acceptors (Lipinski definition) is 5. The van der Waals surface area contributed by atoms with Gasteiger partial charge in [0.1, 0.15) is 0 Å². The van der Waals surface area contributed by atoms with E-state index in [1.807, 2.05) is 19.1 Å². The second-order valence-corrected chi connectivity index (χ2v) is 14.2. The molecule has 1 heterocycles. The van der Waals surface area contributed by atoms with Crippen molar-refractivity contribution >= 4 is 30.6 Å². The number of benzene rings is 2. The molecule has 0 amide bonds. The third-order valence-electron chi connectivity index (χ3n) is 7.05. The Kier molecular flexibility index (Phi) is 7.80. The summed E-state index contributed by atoms with van der Waals surface area (Å²) in [4.78, 5) is 24.6. The molecule has 0 aliphatic carbocycles. The number of methoxy groups -OCH3 is 1. The van der Waals surface area contributed by atoms with Crippen molar-refractivity contribution in [1.29, 1.82) is 0 Å². The molecule has 2 aromatic carbocycles. The Balaban J connectivity index is 1.87. The first-order chi connectivity index (χ1) is 15.7. The van der Waals surface area contributed by atoms with Gasteiger partial charge in [-0.05, 0) is 34.7 Å². The van der Waals surface area contributed by atoms with Gasteiger partial charge in [-0.3, -0.25) is 9.59 Å². The van der Waals surface area contributed by atoms with Gasteiger partial charge in [-0.1, -0.05) is 88.4 Å². The molecule has 178 valence electrons. The smallest absolute Gasteiger partial charge is 0.321 e. The zero-order valence-corrected chi connectivity index (χ0v) is 21.4. The first-order valence-corrected chi connectivity index (χ1v) is 13.6. The average molecular weight is 469 g/mol. The molecule has 0 aromatic heterocycles. The molecule has 0 radical (unpaired) electrons. The average Bonchev–Trinajstić information content (AvgIpc) is 3.15. The Morgan fingerprint density at radius 1 is 1.06 bits per heavy atom. The van der Waals surface area contributed by atoms with E-state index >= 15 is 0 Å². The minimum absolute atomic E-state index is 0.0981. The number of carbonyl (C=O) groups excluding carboxylic acids is 2. The van der Waals surface area contributed by atoms with Gasteiger partial charge in [0.05, 0.1) is 13.7 Å². The lowest BCUT2D eigenvalue weighted by Gasteiger charge is -2.43. The van der Waals surface area contributed by atoms with Crippen molar-refractivity contribution in [2.24, 2.45) is 11.3 Å². The van der Waals surface area contributed by atoms with Crippen LogP contribution in [0.3, 0.4) is 0 Å². The lowest BCUT2D eigenvalue weighted by molar-refractivity contribution is -0.156. The predicted octanol–water partition coefficient (Wildman–Crippen LogP) is 4.09. The summed E-state index contributed by atoms with van der Waals surface area (Å²) in [6.07, 6.45) is 2.05. The molecule has 0 saturated carbocycles. The Morgan fingerprint density at radius 3 is 2.06 bits per heavy atom. The molecule has 1 saturated heterocycles. The molecule has 5 nitrogen and oxygen atoms in total. The number of esters is 2. The van der Waals surface area contributed by atoms with E-state index in [9.17, 15) is 9.59 Å². The van der Waals surface area contributed by atoms with Crippen LogP contribution in [0.15, 0.2) is 60.7 Å². The maximum Gasteiger partial charge on any atom is 0.321 e. The molecule has 1 aliphatic rings. The Hall–Kier alpha value is -2.44. The highest BCUT2D eigenvalue weighted by atomic mass is 28.4. The van der Waals surface area contributed by atoms with E-state index in [0.717, 1.165) is 6.42 Å². The van der Waals surface area contributed by atoms with Gasteiger partial charge in [0.2, 0.25) is 0 Å². The summed E-state index contributed by atoms with van der Waals surface area (Å²) in [6.45, 7) is 9.55. The van der Waals surface area contributed by atoms with Crippen LogP contribution in [0.1, 0.15) is 47.0 Å². The monoisotopic (exact) mass is 468 g/mol. The molecule has 6 heteroatoms. The fraction of sp³-hybridized carbons (Fsp3) is 0.481. The second-order valence-electron chi connectivity index (χ2n) is 9.90. The van der Waals surface area contributed by atoms with Crippen LogP contribution in [0, 0.1) is 11.3 Å². The third kappa shape index (κ3) is 4.78. The van der Waals surface area contributed by atoms with Gasteiger partial charge in [-0.2, -0.15) is 0 Å². The van der Waals surface area contributed by atoms with Crippen molar-refractivity contribution in [2.75, 3.05) is 20.3 Å². The van der Waals surface area contributed by atoms with Crippen LogP contribution in [-0.2, 0) is 23.5 Å². The van der Waals surface area contributed by atoms with Crippen LogP contribution < -0.4 is 10.4 Å². The fourth-order valence-electron chi connectivity index (χ4n) is 5.21. The van der Waals surface area contributed by atoms with Crippen LogP contribution in [0.25, 0.3) is 0 Å². The maximum atomic E-state index is 12.3. The second kappa shape index (κ2) is 10.2. The van der Waals surface area contributed by atoms with Crippen molar-refractivity contribution in [1.82, 2.24) is 0 Å². The van der Waals surface area contributed by atoms with E-state index in [-0.39, 0.29) is 11.6 Å². The lowest BCUT2D eigenvalue weighted by atomic mass is 9.72. The quantitative estimate of drug-likeness (QED) is 0.240. The van der Waals surface area contributed by atoms with E-state index in [4.69, 9.17) is 13.9 Å². The molecule has 33 heavy (non-hydrogen) atoms. The van der Waals surface area contributed by atoms with Crippen molar-refractivity contribution in [3.05, 3.63) is 60.7 Å². The molecule has 2 aromatic rings. The molecular formula is C27H36O5Si. The minimum atomic E-state index is -2.61. The number of cyclic esters (lactones) is 1. The van der Waals surface area contributed by atoms with Gasteiger partial charge < -0.3 is 13.9 Å². The Labute approximate surface area is 198 Å². The number of carbonyl (C=O) groups is 2. The van der Waals surface area contributed by atoms with Crippen molar-refractivity contribution < 1.29 is 23.5 Å². The highest BCUT2D eigenvalue weighted by Gasteiger charge is 2.54. The van der Waals surface area contributed by atoms with E-state index in [1.54, 1.807) is 0 Å². The zero-order chi connectivity index (χ0) is 24.1. The van der Waals surface area contributed by atoms with Gasteiger partial charge in [-0.15, -0.1) is 0 Å². The van der Waals surface area contributed by atoms with Gasteiger partial charge in [0.25, 0.3) is 8.32 Å². The van der Waals surface area contributed by atoms with Crippen LogP contribution in [0.5, 0.6) is 0 Å². The summed E-state index contributed by atoms with van der Waals surface area (Å²) in [6, 6.07) is 21.1. The van der Waals surface area contributed by atoms with Crippen LogP contribution >= 0.6 is 0 Å². The topological polar surface area (TPSA) is 61.8 Å². The van der Waals surface area contributed by atoms with Crippen molar-refractivity contribution in [2.45, 2.75) is 52.0 Å². The molecule has 0 N–H and O–H groups in total. The summed E-state index contributed by atoms with van der Waals surface area (Å²) < 4.78 is 17.2. The van der Waals surface area contributed by atoms with E-state index < -0.39 is 31.6 Å². The summed E-state index contributed by atoms with van der Waals surface area (Å²) >= 11 is 0. The molecule has 1 unspecified atom stereocenters. The molecule has 0 bridgehead atoms. The van der Waals surface area contributed by atoms with Gasteiger partial charge in [0, 0.05) is 12.0 Å². The zero-order valence-electron chi connectivity index (χ0n) is 20.4. The Bertz CT molecular complexity index is 898. The normalized spacial score (nSPS) is 21.0. The first kappa shape index (κ1) is 25.2. The summed E-state index contributed by atoms with van der Waals surface area (Å²) in [5.41, 5.74) is -0.543. The minimum Gasteiger partial charge on any atom is -0.468 e. The largest absolute Gasteiger partial charge is 0.468 e. The van der Waals surface area contributed by atoms with Gasteiger partial charge in [-0.25, -0.2) is 0 Å². The van der Waals surface area contributed by atoms with E-state index in [1.165, 1.54) is 17.5 Å².